The van der Waals surface area contributed by atoms with Gasteiger partial charge in [-0.15, -0.1) is 0 Å². The van der Waals surface area contributed by atoms with E-state index in [1.165, 1.54) is 0 Å². The Kier molecular flexibility index (Phi) is 8.87. The number of nitrogens with zero attached hydrogens (tertiary/aromatic N) is 2. The number of allylic oxidation sites excluding steroid dienone is 4. The van der Waals surface area contributed by atoms with Gasteiger partial charge in [-0.2, -0.15) is 13.0 Å². The number of fused-ring (bicyclic) bond motifs is 2. The Hall–Kier alpha value is -2.21. The molecule has 8 nitrogen and oxygen atoms in total. The zero-order chi connectivity index (χ0) is 30.4. The van der Waals surface area contributed by atoms with Crippen molar-refractivity contribution in [2.24, 2.45) is 0 Å². The van der Waals surface area contributed by atoms with Crippen molar-refractivity contribution in [2.75, 3.05) is 29.5 Å². The average Bonchev–Trinajstić information content (AvgIpc) is 3.16. The zero-order valence-electron chi connectivity index (χ0n) is 23.4. The van der Waals surface area contributed by atoms with Crippen LogP contribution in [0.5, 0.6) is 0 Å². The van der Waals surface area contributed by atoms with Crippen LogP contribution >= 0.6 is 23.2 Å². The maximum absolute atomic E-state index is 11.4. The molecule has 2 aromatic rings. The molecule has 2 aliphatic rings. The smallest absolute Gasteiger partial charge is 0.264 e. The predicted octanol–water partition coefficient (Wildman–Crippen LogP) is 5.82. The van der Waals surface area contributed by atoms with Crippen molar-refractivity contribution in [3.8, 4) is 0 Å². The van der Waals surface area contributed by atoms with Gasteiger partial charge in [0, 0.05) is 63.3 Å². The van der Waals surface area contributed by atoms with E-state index in [1.807, 2.05) is 47.1 Å². The minimum atomic E-state index is -4.34. The first-order valence-electron chi connectivity index (χ1n) is 13.2. The highest BCUT2D eigenvalue weighted by Crippen LogP contribution is 2.49. The molecule has 222 valence electrons. The Balaban J connectivity index is 1.74. The summed E-state index contributed by atoms with van der Waals surface area (Å²) >= 11 is 12.7. The Morgan fingerprint density at radius 1 is 0.927 bits per heavy atom. The van der Waals surface area contributed by atoms with Crippen LogP contribution in [0.25, 0.3) is 0 Å². The number of halogens is 2. The van der Waals surface area contributed by atoms with Crippen molar-refractivity contribution in [2.45, 2.75) is 51.4 Å². The molecular formula is C29H34Cl2N2O6S2. The van der Waals surface area contributed by atoms with Crippen LogP contribution < -0.4 is 4.90 Å². The summed E-state index contributed by atoms with van der Waals surface area (Å²) < 4.78 is 67.9. The second-order valence-electron chi connectivity index (χ2n) is 11.4. The van der Waals surface area contributed by atoms with Gasteiger partial charge in [0.1, 0.15) is 6.54 Å². The Labute approximate surface area is 252 Å². The Morgan fingerprint density at radius 2 is 1.56 bits per heavy atom. The van der Waals surface area contributed by atoms with Crippen molar-refractivity contribution in [3.63, 3.8) is 0 Å². The molecule has 0 aromatic heterocycles. The number of hydrogen-bond acceptors (Lipinski definition) is 6. The number of benzene rings is 2. The fourth-order valence-corrected chi connectivity index (χ4v) is 7.13. The van der Waals surface area contributed by atoms with Crippen molar-refractivity contribution in [1.29, 1.82) is 0 Å². The van der Waals surface area contributed by atoms with Crippen LogP contribution in [-0.4, -0.2) is 60.8 Å². The maximum atomic E-state index is 11.4. The molecule has 0 aliphatic carbocycles. The van der Waals surface area contributed by atoms with Gasteiger partial charge < -0.3 is 9.45 Å². The van der Waals surface area contributed by atoms with Crippen molar-refractivity contribution in [3.05, 3.63) is 81.5 Å². The molecule has 2 aliphatic heterocycles. The average molecular weight is 642 g/mol. The quantitative estimate of drug-likeness (QED) is 0.257. The molecule has 41 heavy (non-hydrogen) atoms. The largest absolute Gasteiger partial charge is 0.748 e. The molecule has 4 rings (SSSR count). The summed E-state index contributed by atoms with van der Waals surface area (Å²) in [7, 11) is -8.44. The second-order valence-corrected chi connectivity index (χ2v) is 15.4. The third-order valence-electron chi connectivity index (χ3n) is 7.78. The van der Waals surface area contributed by atoms with Gasteiger partial charge >= 0.3 is 0 Å². The summed E-state index contributed by atoms with van der Waals surface area (Å²) in [5.41, 5.74) is 4.78. The van der Waals surface area contributed by atoms with Gasteiger partial charge in [-0.05, 0) is 62.2 Å². The molecule has 0 amide bonds. The molecule has 12 heteroatoms. The third-order valence-corrected chi connectivity index (χ3v) is 9.84. The highest BCUT2D eigenvalue weighted by atomic mass is 35.5. The maximum Gasteiger partial charge on any atom is 0.264 e. The van der Waals surface area contributed by atoms with Crippen molar-refractivity contribution >= 4 is 60.5 Å². The van der Waals surface area contributed by atoms with E-state index in [0.717, 1.165) is 33.9 Å². The lowest BCUT2D eigenvalue weighted by Crippen LogP contribution is -2.29. The van der Waals surface area contributed by atoms with Crippen LogP contribution in [0.2, 0.25) is 10.0 Å². The number of hydrogen-bond donors (Lipinski definition) is 1. The predicted molar refractivity (Wildman–Crippen MR) is 164 cm³/mol. The summed E-state index contributed by atoms with van der Waals surface area (Å²) in [6.45, 7) is 9.00. The first-order chi connectivity index (χ1) is 18.9. The molecule has 0 spiro atoms. The van der Waals surface area contributed by atoms with Crippen LogP contribution in [-0.2, 0) is 31.1 Å². The third kappa shape index (κ3) is 6.89. The normalized spacial score (nSPS) is 18.9. The van der Waals surface area contributed by atoms with E-state index >= 15 is 0 Å². The highest BCUT2D eigenvalue weighted by molar-refractivity contribution is 7.85. The molecular weight excluding hydrogens is 607 g/mol. The number of rotatable bonds is 10. The Morgan fingerprint density at radius 3 is 2.20 bits per heavy atom. The fraction of sp³-hybridized carbons (Fsp3) is 0.414. The molecule has 0 saturated carbocycles. The van der Waals surface area contributed by atoms with Crippen LogP contribution in [0.1, 0.15) is 51.7 Å². The van der Waals surface area contributed by atoms with E-state index in [-0.39, 0.29) is 18.6 Å². The van der Waals surface area contributed by atoms with Crippen molar-refractivity contribution < 1.29 is 30.5 Å². The van der Waals surface area contributed by atoms with E-state index in [9.17, 15) is 25.9 Å². The van der Waals surface area contributed by atoms with Crippen LogP contribution in [0.3, 0.4) is 0 Å². The van der Waals surface area contributed by atoms with Crippen molar-refractivity contribution in [1.82, 2.24) is 0 Å². The minimum absolute atomic E-state index is 0.174. The summed E-state index contributed by atoms with van der Waals surface area (Å²) in [4.78, 5) is 2.05. The second kappa shape index (κ2) is 11.5. The van der Waals surface area contributed by atoms with E-state index in [4.69, 9.17) is 23.2 Å². The van der Waals surface area contributed by atoms with Gasteiger partial charge in [-0.25, -0.2) is 8.42 Å². The van der Waals surface area contributed by atoms with E-state index < -0.39 is 36.8 Å². The molecule has 0 bridgehead atoms. The van der Waals surface area contributed by atoms with Gasteiger partial charge in [0.05, 0.1) is 21.3 Å². The van der Waals surface area contributed by atoms with Crippen LogP contribution in [0.15, 0.2) is 60.3 Å². The first-order valence-corrected chi connectivity index (χ1v) is 17.2. The first kappa shape index (κ1) is 31.7. The monoisotopic (exact) mass is 640 g/mol. The van der Waals surface area contributed by atoms with E-state index in [0.29, 0.717) is 23.1 Å². The van der Waals surface area contributed by atoms with Crippen LogP contribution in [0.4, 0.5) is 11.4 Å². The summed E-state index contributed by atoms with van der Waals surface area (Å²) in [5.74, 6) is -0.807. The SMILES string of the molecule is CC1(C)C(/C=C/C=C2\N(CCCS(=O)(=O)O)c3ccc(Cl)cc3C2(C)C)=[N+](CCCS(=O)(=O)[O-])c2ccc(Cl)cc21. The number of anilines is 1. The van der Waals surface area contributed by atoms with Gasteiger partial charge in [-0.3, -0.25) is 4.55 Å². The zero-order valence-corrected chi connectivity index (χ0v) is 26.5. The summed E-state index contributed by atoms with van der Waals surface area (Å²) in [6, 6.07) is 11.2. The lowest BCUT2D eigenvalue weighted by atomic mass is 9.81. The topological polar surface area (TPSA) is 118 Å². The molecule has 0 saturated heterocycles. The standard InChI is InChI=1S/C29H34Cl2N2O6S2/c1-28(2)22-18-20(30)10-12-24(22)32(14-6-16-40(34,35)36)26(28)8-5-9-27-29(3,4)23-19-21(31)11-13-25(23)33(27)15-7-17-41(37,38)39/h5,8-13,18-19H,6-7,14-17H2,1-4H3,(H-,34,35,36,37,38,39). The van der Waals surface area contributed by atoms with E-state index in [1.54, 1.807) is 12.1 Å². The minimum Gasteiger partial charge on any atom is -0.748 e. The summed E-state index contributed by atoms with van der Waals surface area (Å²) in [6.07, 6.45) is 6.31. The molecule has 0 fully saturated rings. The summed E-state index contributed by atoms with van der Waals surface area (Å²) in [5, 5.41) is 1.19. The molecule has 2 heterocycles. The van der Waals surface area contributed by atoms with Crippen LogP contribution in [0, 0.1) is 0 Å². The lowest BCUT2D eigenvalue weighted by molar-refractivity contribution is -0.437. The molecule has 1 N–H and O–H groups in total. The fourth-order valence-electron chi connectivity index (χ4n) is 5.81. The molecule has 0 atom stereocenters. The Bertz CT molecular complexity index is 1680. The van der Waals surface area contributed by atoms with Gasteiger partial charge in [0.25, 0.3) is 10.1 Å². The van der Waals surface area contributed by atoms with Gasteiger partial charge in [0.2, 0.25) is 5.69 Å². The van der Waals surface area contributed by atoms with E-state index in [2.05, 4.69) is 32.6 Å². The molecule has 0 unspecified atom stereocenters. The lowest BCUT2D eigenvalue weighted by Gasteiger charge is -2.27. The molecule has 0 radical (unpaired) electrons. The molecule has 2 aromatic carbocycles. The van der Waals surface area contributed by atoms with Gasteiger partial charge in [-0.1, -0.05) is 43.1 Å². The van der Waals surface area contributed by atoms with Gasteiger partial charge in [0.15, 0.2) is 5.71 Å². The highest BCUT2D eigenvalue weighted by Gasteiger charge is 2.44.